The zero-order chi connectivity index (χ0) is 10.6. The van der Waals surface area contributed by atoms with Crippen LogP contribution < -0.4 is 0 Å². The highest BCUT2D eigenvalue weighted by Crippen LogP contribution is 2.17. The summed E-state index contributed by atoms with van der Waals surface area (Å²) in [4.78, 5) is 0. The highest BCUT2D eigenvalue weighted by atomic mass is 35.5. The van der Waals surface area contributed by atoms with Crippen molar-refractivity contribution < 1.29 is 5.11 Å². The lowest BCUT2D eigenvalue weighted by atomic mass is 10.1. The van der Waals surface area contributed by atoms with Crippen LogP contribution >= 0.6 is 11.6 Å². The Bertz CT molecular complexity index is 286. The summed E-state index contributed by atoms with van der Waals surface area (Å²) < 4.78 is 1.88. The van der Waals surface area contributed by atoms with Crippen LogP contribution in [0.1, 0.15) is 32.4 Å². The van der Waals surface area contributed by atoms with Crippen LogP contribution in [-0.4, -0.2) is 21.0 Å². The second kappa shape index (κ2) is 5.37. The van der Waals surface area contributed by atoms with Crippen LogP contribution in [0.15, 0.2) is 6.20 Å². The van der Waals surface area contributed by atoms with E-state index in [0.717, 1.165) is 31.5 Å². The summed E-state index contributed by atoms with van der Waals surface area (Å²) in [6, 6.07) is 0. The summed E-state index contributed by atoms with van der Waals surface area (Å²) in [6.07, 6.45) is 3.77. The summed E-state index contributed by atoms with van der Waals surface area (Å²) in [6.45, 7) is 4.83. The molecular weight excluding hydrogens is 200 g/mol. The summed E-state index contributed by atoms with van der Waals surface area (Å²) in [7, 11) is 0. The number of aliphatic hydroxyl groups is 1. The van der Waals surface area contributed by atoms with Crippen molar-refractivity contribution in [3.63, 3.8) is 0 Å². The SMILES string of the molecule is CCC(O)CCc1c(Cl)cnn1CC. The molecular formula is C10H17ClN2O. The van der Waals surface area contributed by atoms with E-state index >= 15 is 0 Å². The monoisotopic (exact) mass is 216 g/mol. The predicted octanol–water partition coefficient (Wildman–Crippen LogP) is 2.26. The van der Waals surface area contributed by atoms with Gasteiger partial charge in [0.2, 0.25) is 0 Å². The smallest absolute Gasteiger partial charge is 0.0817 e. The van der Waals surface area contributed by atoms with E-state index in [9.17, 15) is 5.11 Å². The molecule has 1 unspecified atom stereocenters. The van der Waals surface area contributed by atoms with Gasteiger partial charge in [-0.15, -0.1) is 0 Å². The first kappa shape index (κ1) is 11.5. The fourth-order valence-corrected chi connectivity index (χ4v) is 1.65. The lowest BCUT2D eigenvalue weighted by Crippen LogP contribution is -2.09. The van der Waals surface area contributed by atoms with E-state index in [1.807, 2.05) is 18.5 Å². The molecule has 0 aliphatic rings. The van der Waals surface area contributed by atoms with Crippen LogP contribution in [0.4, 0.5) is 0 Å². The number of nitrogens with zero attached hydrogens (tertiary/aromatic N) is 2. The van der Waals surface area contributed by atoms with Gasteiger partial charge in [-0.3, -0.25) is 4.68 Å². The van der Waals surface area contributed by atoms with Gasteiger partial charge in [0.15, 0.2) is 0 Å². The van der Waals surface area contributed by atoms with Gasteiger partial charge in [-0.25, -0.2) is 0 Å². The van der Waals surface area contributed by atoms with Crippen LogP contribution in [0.2, 0.25) is 5.02 Å². The maximum Gasteiger partial charge on any atom is 0.0817 e. The maximum atomic E-state index is 9.44. The normalized spacial score (nSPS) is 13.1. The molecule has 1 atom stereocenters. The highest BCUT2D eigenvalue weighted by molar-refractivity contribution is 6.31. The molecule has 0 saturated heterocycles. The minimum Gasteiger partial charge on any atom is -0.393 e. The molecule has 1 aromatic rings. The first-order chi connectivity index (χ1) is 6.69. The first-order valence-corrected chi connectivity index (χ1v) is 5.45. The van der Waals surface area contributed by atoms with Gasteiger partial charge in [0.25, 0.3) is 0 Å². The van der Waals surface area contributed by atoms with Crippen LogP contribution in [-0.2, 0) is 13.0 Å². The quantitative estimate of drug-likeness (QED) is 0.820. The van der Waals surface area contributed by atoms with E-state index in [1.165, 1.54) is 0 Å². The van der Waals surface area contributed by atoms with E-state index in [1.54, 1.807) is 6.20 Å². The molecule has 0 aromatic carbocycles. The second-order valence-electron chi connectivity index (χ2n) is 3.36. The van der Waals surface area contributed by atoms with Gasteiger partial charge in [0, 0.05) is 6.54 Å². The third-order valence-corrected chi connectivity index (χ3v) is 2.70. The molecule has 0 saturated carbocycles. The molecule has 1 heterocycles. The maximum absolute atomic E-state index is 9.44. The Morgan fingerprint density at radius 3 is 2.86 bits per heavy atom. The molecule has 0 fully saturated rings. The van der Waals surface area contributed by atoms with Gasteiger partial charge < -0.3 is 5.11 Å². The number of rotatable bonds is 5. The average Bonchev–Trinajstić information content (AvgIpc) is 2.55. The Morgan fingerprint density at radius 2 is 2.29 bits per heavy atom. The minimum atomic E-state index is -0.230. The topological polar surface area (TPSA) is 38.1 Å². The molecule has 1 aromatic heterocycles. The third-order valence-electron chi connectivity index (χ3n) is 2.38. The largest absolute Gasteiger partial charge is 0.393 e. The molecule has 80 valence electrons. The van der Waals surface area contributed by atoms with Gasteiger partial charge in [-0.2, -0.15) is 5.10 Å². The van der Waals surface area contributed by atoms with E-state index < -0.39 is 0 Å². The molecule has 0 spiro atoms. The highest BCUT2D eigenvalue weighted by Gasteiger charge is 2.09. The van der Waals surface area contributed by atoms with Crippen LogP contribution in [0.25, 0.3) is 0 Å². The first-order valence-electron chi connectivity index (χ1n) is 5.07. The Hall–Kier alpha value is -0.540. The third kappa shape index (κ3) is 2.72. The van der Waals surface area contributed by atoms with Gasteiger partial charge in [0.1, 0.15) is 0 Å². The lowest BCUT2D eigenvalue weighted by molar-refractivity contribution is 0.160. The van der Waals surface area contributed by atoms with Crippen LogP contribution in [0, 0.1) is 0 Å². The van der Waals surface area contributed by atoms with E-state index in [0.29, 0.717) is 5.02 Å². The van der Waals surface area contributed by atoms with Crippen molar-refractivity contribution >= 4 is 11.6 Å². The number of halogens is 1. The van der Waals surface area contributed by atoms with E-state index in [2.05, 4.69) is 5.10 Å². The summed E-state index contributed by atoms with van der Waals surface area (Å²) in [5.74, 6) is 0. The van der Waals surface area contributed by atoms with Crippen LogP contribution in [0.5, 0.6) is 0 Å². The molecule has 0 amide bonds. The zero-order valence-electron chi connectivity index (χ0n) is 8.70. The lowest BCUT2D eigenvalue weighted by Gasteiger charge is -2.08. The Balaban J connectivity index is 2.60. The molecule has 14 heavy (non-hydrogen) atoms. The number of aryl methyl sites for hydroxylation is 1. The van der Waals surface area contributed by atoms with Crippen molar-refractivity contribution in [2.45, 2.75) is 45.8 Å². The summed E-state index contributed by atoms with van der Waals surface area (Å²) in [5.41, 5.74) is 1.03. The van der Waals surface area contributed by atoms with Crippen LogP contribution in [0.3, 0.4) is 0 Å². The molecule has 0 bridgehead atoms. The number of hydrogen-bond acceptors (Lipinski definition) is 2. The van der Waals surface area contributed by atoms with E-state index in [-0.39, 0.29) is 6.10 Å². The molecule has 0 radical (unpaired) electrons. The molecule has 1 N–H and O–H groups in total. The standard InChI is InChI=1S/C10H17ClN2O/c1-3-8(14)5-6-10-9(11)7-12-13(10)4-2/h7-8,14H,3-6H2,1-2H3. The van der Waals surface area contributed by atoms with Crippen molar-refractivity contribution in [3.8, 4) is 0 Å². The molecule has 0 aliphatic heterocycles. The fourth-order valence-electron chi connectivity index (χ4n) is 1.42. The number of aliphatic hydroxyl groups excluding tert-OH is 1. The molecule has 3 nitrogen and oxygen atoms in total. The number of aromatic nitrogens is 2. The van der Waals surface area contributed by atoms with Crippen molar-refractivity contribution in [1.29, 1.82) is 0 Å². The van der Waals surface area contributed by atoms with Gasteiger partial charge in [0.05, 0.1) is 23.0 Å². The fraction of sp³-hybridized carbons (Fsp3) is 0.700. The minimum absolute atomic E-state index is 0.230. The van der Waals surface area contributed by atoms with Crippen molar-refractivity contribution in [2.75, 3.05) is 0 Å². The average molecular weight is 217 g/mol. The van der Waals surface area contributed by atoms with E-state index in [4.69, 9.17) is 11.6 Å². The summed E-state index contributed by atoms with van der Waals surface area (Å²) >= 11 is 5.99. The Kier molecular flexibility index (Phi) is 4.42. The Morgan fingerprint density at radius 1 is 1.57 bits per heavy atom. The van der Waals surface area contributed by atoms with Crippen molar-refractivity contribution in [3.05, 3.63) is 16.9 Å². The molecule has 0 aliphatic carbocycles. The zero-order valence-corrected chi connectivity index (χ0v) is 9.46. The van der Waals surface area contributed by atoms with Crippen molar-refractivity contribution in [2.24, 2.45) is 0 Å². The number of hydrogen-bond donors (Lipinski definition) is 1. The Labute approximate surface area is 89.7 Å². The molecule has 4 heteroatoms. The van der Waals surface area contributed by atoms with Gasteiger partial charge in [-0.05, 0) is 26.2 Å². The van der Waals surface area contributed by atoms with Crippen molar-refractivity contribution in [1.82, 2.24) is 9.78 Å². The van der Waals surface area contributed by atoms with Gasteiger partial charge >= 0.3 is 0 Å². The van der Waals surface area contributed by atoms with Gasteiger partial charge in [-0.1, -0.05) is 18.5 Å². The summed E-state index contributed by atoms with van der Waals surface area (Å²) in [5, 5.41) is 14.3. The predicted molar refractivity (Wildman–Crippen MR) is 57.5 cm³/mol. The second-order valence-corrected chi connectivity index (χ2v) is 3.76. The molecule has 1 rings (SSSR count).